The molecule has 1 aliphatic rings. The van der Waals surface area contributed by atoms with Crippen molar-refractivity contribution in [3.63, 3.8) is 0 Å². The average Bonchev–Trinajstić information content (AvgIpc) is 2.41. The fourth-order valence-corrected chi connectivity index (χ4v) is 4.35. The number of rotatable bonds is 3. The largest absolute Gasteiger partial charge is 0.496 e. The Morgan fingerprint density at radius 2 is 2.15 bits per heavy atom. The highest BCUT2D eigenvalue weighted by Gasteiger charge is 2.35. The number of hydrogen-bond acceptors (Lipinski definition) is 4. The lowest BCUT2D eigenvalue weighted by Crippen LogP contribution is -2.55. The van der Waals surface area contributed by atoms with Gasteiger partial charge in [0.05, 0.1) is 16.5 Å². The van der Waals surface area contributed by atoms with E-state index >= 15 is 0 Å². The van der Waals surface area contributed by atoms with Crippen molar-refractivity contribution in [3.05, 3.63) is 22.7 Å². The zero-order chi connectivity index (χ0) is 14.9. The Kier molecular flexibility index (Phi) is 4.36. The lowest BCUT2D eigenvalue weighted by molar-refractivity contribution is -0.126. The Balaban J connectivity index is 2.39. The van der Waals surface area contributed by atoms with E-state index in [2.05, 4.69) is 21.2 Å². The van der Waals surface area contributed by atoms with Crippen LogP contribution in [0.3, 0.4) is 0 Å². The van der Waals surface area contributed by atoms with Gasteiger partial charge in [0.15, 0.2) is 0 Å². The van der Waals surface area contributed by atoms with Crippen molar-refractivity contribution >= 4 is 31.9 Å². The molecule has 1 aromatic rings. The van der Waals surface area contributed by atoms with Gasteiger partial charge in [-0.1, -0.05) is 0 Å². The monoisotopic (exact) mass is 362 g/mol. The molecule has 6 nitrogen and oxygen atoms in total. The summed E-state index contributed by atoms with van der Waals surface area (Å²) in [5.74, 6) is 0.265. The van der Waals surface area contributed by atoms with Crippen LogP contribution in [0.5, 0.6) is 5.75 Å². The van der Waals surface area contributed by atoms with Gasteiger partial charge in [-0.25, -0.2) is 8.42 Å². The lowest BCUT2D eigenvalue weighted by atomic mass is 10.2. The van der Waals surface area contributed by atoms with Gasteiger partial charge in [0.1, 0.15) is 11.8 Å². The van der Waals surface area contributed by atoms with Crippen LogP contribution in [0.1, 0.15) is 6.92 Å². The molecule has 8 heteroatoms. The minimum Gasteiger partial charge on any atom is -0.496 e. The summed E-state index contributed by atoms with van der Waals surface area (Å²) in [7, 11) is -2.20. The van der Waals surface area contributed by atoms with Gasteiger partial charge in [-0.2, -0.15) is 4.31 Å². The van der Waals surface area contributed by atoms with Crippen LogP contribution in [0.4, 0.5) is 0 Å². The second-order valence-corrected chi connectivity index (χ2v) is 7.12. The van der Waals surface area contributed by atoms with Crippen LogP contribution < -0.4 is 10.1 Å². The van der Waals surface area contributed by atoms with E-state index in [1.165, 1.54) is 23.5 Å². The van der Waals surface area contributed by atoms with Gasteiger partial charge in [0.25, 0.3) is 0 Å². The zero-order valence-electron chi connectivity index (χ0n) is 11.1. The molecule has 1 fully saturated rings. The van der Waals surface area contributed by atoms with Crippen LogP contribution in [0.15, 0.2) is 27.6 Å². The number of benzene rings is 1. The number of amides is 1. The van der Waals surface area contributed by atoms with Gasteiger partial charge < -0.3 is 10.1 Å². The third-order valence-corrected chi connectivity index (χ3v) is 5.76. The first-order chi connectivity index (χ1) is 9.37. The number of methoxy groups -OCH3 is 1. The highest BCUT2D eigenvalue weighted by atomic mass is 79.9. The first-order valence-electron chi connectivity index (χ1n) is 6.01. The predicted octanol–water partition coefficient (Wildman–Crippen LogP) is 0.967. The van der Waals surface area contributed by atoms with E-state index in [1.54, 1.807) is 13.0 Å². The lowest BCUT2D eigenvalue weighted by Gasteiger charge is -2.31. The van der Waals surface area contributed by atoms with E-state index < -0.39 is 16.1 Å². The number of halogens is 1. The number of hydrogen-bond donors (Lipinski definition) is 1. The maximum atomic E-state index is 12.6. The Bertz CT molecular complexity index is 632. The van der Waals surface area contributed by atoms with E-state index in [1.807, 2.05) is 0 Å². The maximum Gasteiger partial charge on any atom is 0.243 e. The van der Waals surface area contributed by atoms with Crippen LogP contribution in [-0.2, 0) is 14.8 Å². The van der Waals surface area contributed by atoms with E-state index in [9.17, 15) is 13.2 Å². The van der Waals surface area contributed by atoms with Gasteiger partial charge >= 0.3 is 0 Å². The number of nitrogens with one attached hydrogen (secondary N) is 1. The van der Waals surface area contributed by atoms with Crippen LogP contribution in [-0.4, -0.2) is 44.9 Å². The number of piperazine rings is 1. The summed E-state index contributed by atoms with van der Waals surface area (Å²) < 4.78 is 32.0. The molecule has 20 heavy (non-hydrogen) atoms. The smallest absolute Gasteiger partial charge is 0.243 e. The van der Waals surface area contributed by atoms with Crippen LogP contribution in [0.25, 0.3) is 0 Å². The molecule has 1 aliphatic heterocycles. The molecule has 2 rings (SSSR count). The van der Waals surface area contributed by atoms with Crippen LogP contribution in [0, 0.1) is 0 Å². The molecule has 1 atom stereocenters. The maximum absolute atomic E-state index is 12.6. The molecule has 110 valence electrons. The molecular weight excluding hydrogens is 348 g/mol. The van der Waals surface area contributed by atoms with Crippen molar-refractivity contribution in [2.75, 3.05) is 20.2 Å². The molecule has 0 bridgehead atoms. The third-order valence-electron chi connectivity index (χ3n) is 3.17. The third kappa shape index (κ3) is 2.68. The Hall–Kier alpha value is -1.12. The molecule has 0 aliphatic carbocycles. The molecular formula is C12H15BrN2O4S. The van der Waals surface area contributed by atoms with E-state index in [0.29, 0.717) is 16.8 Å². The summed E-state index contributed by atoms with van der Waals surface area (Å²) in [5, 5.41) is 2.64. The van der Waals surface area contributed by atoms with Crippen molar-refractivity contribution in [2.45, 2.75) is 17.9 Å². The minimum absolute atomic E-state index is 0.131. The number of carbonyl (C=O) groups is 1. The number of carbonyl (C=O) groups excluding carboxylic acids is 1. The van der Waals surface area contributed by atoms with E-state index in [-0.39, 0.29) is 17.3 Å². The topological polar surface area (TPSA) is 75.7 Å². The summed E-state index contributed by atoms with van der Waals surface area (Å²) in [6.07, 6.45) is 0. The Morgan fingerprint density at radius 1 is 1.45 bits per heavy atom. The molecule has 1 N–H and O–H groups in total. The number of ether oxygens (including phenoxy) is 1. The van der Waals surface area contributed by atoms with Gasteiger partial charge in [0.2, 0.25) is 15.9 Å². The van der Waals surface area contributed by atoms with Gasteiger partial charge in [0, 0.05) is 13.1 Å². The molecule has 0 spiro atoms. The van der Waals surface area contributed by atoms with Crippen LogP contribution >= 0.6 is 15.9 Å². The second kappa shape index (κ2) is 5.71. The zero-order valence-corrected chi connectivity index (χ0v) is 13.5. The summed E-state index contributed by atoms with van der Waals surface area (Å²) in [6, 6.07) is 3.81. The molecule has 1 saturated heterocycles. The summed E-state index contributed by atoms with van der Waals surface area (Å²) in [5.41, 5.74) is 0. The molecule has 1 heterocycles. The molecule has 1 unspecified atom stereocenters. The van der Waals surface area contributed by atoms with Crippen molar-refractivity contribution in [2.24, 2.45) is 0 Å². The quantitative estimate of drug-likeness (QED) is 0.868. The Morgan fingerprint density at radius 3 is 2.75 bits per heavy atom. The molecule has 0 aromatic heterocycles. The fraction of sp³-hybridized carbons (Fsp3) is 0.417. The standard InChI is InChI=1S/C12H15BrN2O4S/c1-8-12(16)14-5-6-15(8)20(17,18)9-3-4-11(19-2)10(13)7-9/h3-4,7-8H,5-6H2,1-2H3,(H,14,16). The normalized spacial score (nSPS) is 20.6. The fourth-order valence-electron chi connectivity index (χ4n) is 2.03. The highest BCUT2D eigenvalue weighted by molar-refractivity contribution is 9.10. The second-order valence-electron chi connectivity index (χ2n) is 4.38. The van der Waals surface area contributed by atoms with Crippen LogP contribution in [0.2, 0.25) is 0 Å². The van der Waals surface area contributed by atoms with Crippen molar-refractivity contribution in [1.82, 2.24) is 9.62 Å². The van der Waals surface area contributed by atoms with E-state index in [4.69, 9.17) is 4.74 Å². The van der Waals surface area contributed by atoms with Crippen molar-refractivity contribution in [1.29, 1.82) is 0 Å². The molecule has 1 amide bonds. The Labute approximate surface area is 126 Å². The van der Waals surface area contributed by atoms with Crippen molar-refractivity contribution in [3.8, 4) is 5.75 Å². The first kappa shape index (κ1) is 15.3. The summed E-state index contributed by atoms with van der Waals surface area (Å²) >= 11 is 3.26. The predicted molar refractivity (Wildman–Crippen MR) is 77.1 cm³/mol. The van der Waals surface area contributed by atoms with E-state index in [0.717, 1.165) is 0 Å². The molecule has 0 saturated carbocycles. The summed E-state index contributed by atoms with van der Waals surface area (Å²) in [4.78, 5) is 11.7. The number of nitrogens with zero attached hydrogens (tertiary/aromatic N) is 1. The minimum atomic E-state index is -3.70. The van der Waals surface area contributed by atoms with Gasteiger partial charge in [-0.05, 0) is 41.1 Å². The summed E-state index contributed by atoms with van der Waals surface area (Å²) in [6.45, 7) is 2.16. The van der Waals surface area contributed by atoms with Crippen molar-refractivity contribution < 1.29 is 17.9 Å². The average molecular weight is 363 g/mol. The molecule has 1 aromatic carbocycles. The number of sulfonamides is 1. The first-order valence-corrected chi connectivity index (χ1v) is 8.24. The highest BCUT2D eigenvalue weighted by Crippen LogP contribution is 2.29. The SMILES string of the molecule is COc1ccc(S(=O)(=O)N2CCNC(=O)C2C)cc1Br. The van der Waals surface area contributed by atoms with Gasteiger partial charge in [-0.15, -0.1) is 0 Å². The molecule has 0 radical (unpaired) electrons. The van der Waals surface area contributed by atoms with Gasteiger partial charge in [-0.3, -0.25) is 4.79 Å².